The van der Waals surface area contributed by atoms with Crippen molar-refractivity contribution in [2.45, 2.75) is 27.2 Å². The Morgan fingerprint density at radius 3 is 2.43 bits per heavy atom. The first kappa shape index (κ1) is 12.6. The summed E-state index contributed by atoms with van der Waals surface area (Å²) in [7, 11) is 0. The monoisotopic (exact) mass is 195 g/mol. The molecule has 0 bridgehead atoms. The normalized spacial score (nSPS) is 8.57. The number of hydrazine groups is 1. The van der Waals surface area contributed by atoms with Crippen molar-refractivity contribution in [2.75, 3.05) is 5.43 Å². The molecule has 0 aliphatic carbocycles. The lowest BCUT2D eigenvalue weighted by atomic mass is 10.2. The Kier molecular flexibility index (Phi) is 6.32. The molecule has 0 amide bonds. The fourth-order valence-electron chi connectivity index (χ4n) is 0.915. The van der Waals surface area contributed by atoms with Crippen LogP contribution in [-0.2, 0) is 4.79 Å². The van der Waals surface area contributed by atoms with Crippen LogP contribution in [0.15, 0.2) is 12.1 Å². The third kappa shape index (κ3) is 5.27. The molecular formula is C10H17N3O. The summed E-state index contributed by atoms with van der Waals surface area (Å²) in [6.07, 6.45) is 1.51. The van der Waals surface area contributed by atoms with Crippen LogP contribution in [0.1, 0.15) is 24.6 Å². The number of hydrogen-bond donors (Lipinski definition) is 2. The first-order valence-electron chi connectivity index (χ1n) is 4.49. The molecule has 0 radical (unpaired) electrons. The van der Waals surface area contributed by atoms with Gasteiger partial charge in [-0.25, -0.2) is 10.8 Å². The molecule has 0 aliphatic heterocycles. The number of nitrogens with one attached hydrogen (secondary N) is 1. The summed E-state index contributed by atoms with van der Waals surface area (Å²) in [5, 5.41) is 0. The number of nitrogen functional groups attached to an aromatic ring is 1. The van der Waals surface area contributed by atoms with Crippen LogP contribution in [0.4, 0.5) is 5.82 Å². The first-order valence-corrected chi connectivity index (χ1v) is 4.49. The molecule has 1 rings (SSSR count). The lowest BCUT2D eigenvalue weighted by Gasteiger charge is -2.00. The summed E-state index contributed by atoms with van der Waals surface area (Å²) in [5.41, 5.74) is 4.64. The quantitative estimate of drug-likeness (QED) is 0.427. The Morgan fingerprint density at radius 2 is 2.07 bits per heavy atom. The number of anilines is 1. The Bertz CT molecular complexity index is 266. The Balaban J connectivity index is 0.000000364. The average molecular weight is 195 g/mol. The molecule has 0 aromatic carbocycles. The number of rotatable bonds is 2. The van der Waals surface area contributed by atoms with Gasteiger partial charge in [-0.05, 0) is 31.5 Å². The molecule has 3 N–H and O–H groups in total. The molecule has 0 saturated carbocycles. The molecule has 0 fully saturated rings. The minimum Gasteiger partial charge on any atom is -0.308 e. The van der Waals surface area contributed by atoms with Crippen molar-refractivity contribution in [3.8, 4) is 0 Å². The van der Waals surface area contributed by atoms with E-state index in [4.69, 9.17) is 5.84 Å². The van der Waals surface area contributed by atoms with Gasteiger partial charge < -0.3 is 10.2 Å². The van der Waals surface area contributed by atoms with Gasteiger partial charge in [-0.1, -0.05) is 6.92 Å². The largest absolute Gasteiger partial charge is 0.308 e. The number of carbonyl (C=O) groups excluding carboxylic acids is 1. The van der Waals surface area contributed by atoms with Crippen LogP contribution in [0.5, 0.6) is 0 Å². The van der Waals surface area contributed by atoms with Crippen LogP contribution in [0.3, 0.4) is 0 Å². The average Bonchev–Trinajstić information content (AvgIpc) is 2.17. The van der Waals surface area contributed by atoms with E-state index in [9.17, 15) is 4.79 Å². The number of aldehydes is 1. The van der Waals surface area contributed by atoms with E-state index in [2.05, 4.69) is 10.4 Å². The van der Waals surface area contributed by atoms with Gasteiger partial charge in [0.05, 0.1) is 0 Å². The molecule has 78 valence electrons. The Hall–Kier alpha value is -1.42. The van der Waals surface area contributed by atoms with Gasteiger partial charge in [0.1, 0.15) is 12.1 Å². The van der Waals surface area contributed by atoms with Crippen LogP contribution < -0.4 is 11.3 Å². The van der Waals surface area contributed by atoms with E-state index in [1.165, 1.54) is 5.56 Å². The van der Waals surface area contributed by atoms with Crippen LogP contribution >= 0.6 is 0 Å². The van der Waals surface area contributed by atoms with Crippen LogP contribution in [0.2, 0.25) is 0 Å². The van der Waals surface area contributed by atoms with Gasteiger partial charge >= 0.3 is 0 Å². The van der Waals surface area contributed by atoms with Crippen molar-refractivity contribution in [3.05, 3.63) is 23.4 Å². The predicted molar refractivity (Wildman–Crippen MR) is 57.9 cm³/mol. The fraction of sp³-hybridized carbons (Fsp3) is 0.400. The number of pyridine rings is 1. The summed E-state index contributed by atoms with van der Waals surface area (Å²) in [5.74, 6) is 5.90. The second-order valence-electron chi connectivity index (χ2n) is 2.89. The standard InChI is InChI=1S/C7H11N3.C3H6O/c1-5-3-6(2)9-7(4-5)10-8;1-2-3-4/h3-4H,8H2,1-2H3,(H,9,10);3H,2H2,1H3. The van der Waals surface area contributed by atoms with E-state index in [0.29, 0.717) is 6.42 Å². The van der Waals surface area contributed by atoms with Gasteiger partial charge in [-0.3, -0.25) is 0 Å². The highest BCUT2D eigenvalue weighted by molar-refractivity contribution is 5.48. The molecule has 1 heterocycles. The second-order valence-corrected chi connectivity index (χ2v) is 2.89. The third-order valence-electron chi connectivity index (χ3n) is 1.41. The molecule has 1 aromatic rings. The number of nitrogens with two attached hydrogens (primary N) is 1. The van der Waals surface area contributed by atoms with Crippen LogP contribution in [0.25, 0.3) is 0 Å². The van der Waals surface area contributed by atoms with Crippen molar-refractivity contribution >= 4 is 12.1 Å². The van der Waals surface area contributed by atoms with E-state index in [-0.39, 0.29) is 0 Å². The maximum absolute atomic E-state index is 9.17. The molecular weight excluding hydrogens is 178 g/mol. The predicted octanol–water partition coefficient (Wildman–Crippen LogP) is 1.58. The highest BCUT2D eigenvalue weighted by Gasteiger charge is 1.92. The number of carbonyl (C=O) groups is 1. The molecule has 0 unspecified atom stereocenters. The van der Waals surface area contributed by atoms with Crippen LogP contribution in [-0.4, -0.2) is 11.3 Å². The van der Waals surface area contributed by atoms with Crippen molar-refractivity contribution in [3.63, 3.8) is 0 Å². The second kappa shape index (κ2) is 7.03. The number of hydrogen-bond acceptors (Lipinski definition) is 4. The van der Waals surface area contributed by atoms with Gasteiger partial charge in [0.25, 0.3) is 0 Å². The highest BCUT2D eigenvalue weighted by Crippen LogP contribution is 2.06. The minimum atomic E-state index is 0.639. The zero-order chi connectivity index (χ0) is 11.0. The Morgan fingerprint density at radius 1 is 1.50 bits per heavy atom. The molecule has 4 heteroatoms. The van der Waals surface area contributed by atoms with Gasteiger partial charge in [0.2, 0.25) is 0 Å². The summed E-state index contributed by atoms with van der Waals surface area (Å²) in [6, 6.07) is 3.90. The molecule has 0 spiro atoms. The smallest absolute Gasteiger partial charge is 0.140 e. The molecule has 0 saturated heterocycles. The highest BCUT2D eigenvalue weighted by atomic mass is 16.1. The zero-order valence-electron chi connectivity index (χ0n) is 8.87. The zero-order valence-corrected chi connectivity index (χ0v) is 8.87. The summed E-state index contributed by atoms with van der Waals surface area (Å²) in [6.45, 7) is 5.76. The lowest BCUT2D eigenvalue weighted by molar-refractivity contribution is -0.107. The van der Waals surface area contributed by atoms with Crippen molar-refractivity contribution in [1.29, 1.82) is 0 Å². The molecule has 0 atom stereocenters. The maximum Gasteiger partial charge on any atom is 0.140 e. The van der Waals surface area contributed by atoms with E-state index in [1.807, 2.05) is 32.9 Å². The molecule has 4 nitrogen and oxygen atoms in total. The Labute approximate surface area is 84.5 Å². The van der Waals surface area contributed by atoms with Crippen molar-refractivity contribution in [1.82, 2.24) is 4.98 Å². The fourth-order valence-corrected chi connectivity index (χ4v) is 0.915. The third-order valence-corrected chi connectivity index (χ3v) is 1.41. The van der Waals surface area contributed by atoms with Gasteiger partial charge in [-0.15, -0.1) is 0 Å². The van der Waals surface area contributed by atoms with Gasteiger partial charge in [-0.2, -0.15) is 0 Å². The van der Waals surface area contributed by atoms with E-state index < -0.39 is 0 Å². The summed E-state index contributed by atoms with van der Waals surface area (Å²) in [4.78, 5) is 13.3. The maximum atomic E-state index is 9.17. The molecule has 0 aliphatic rings. The first-order chi connectivity index (χ1) is 6.63. The summed E-state index contributed by atoms with van der Waals surface area (Å²) < 4.78 is 0. The van der Waals surface area contributed by atoms with Gasteiger partial charge in [0, 0.05) is 12.1 Å². The van der Waals surface area contributed by atoms with Crippen molar-refractivity contribution < 1.29 is 4.79 Å². The van der Waals surface area contributed by atoms with Crippen LogP contribution in [0, 0.1) is 13.8 Å². The topological polar surface area (TPSA) is 68.0 Å². The van der Waals surface area contributed by atoms with E-state index in [1.54, 1.807) is 0 Å². The lowest BCUT2D eigenvalue weighted by Crippen LogP contribution is -2.08. The SMILES string of the molecule is CCC=O.Cc1cc(C)nc(NN)c1. The van der Waals surface area contributed by atoms with E-state index >= 15 is 0 Å². The summed E-state index contributed by atoms with van der Waals surface area (Å²) >= 11 is 0. The molecule has 1 aromatic heterocycles. The van der Waals surface area contributed by atoms with Crippen molar-refractivity contribution in [2.24, 2.45) is 5.84 Å². The number of aryl methyl sites for hydroxylation is 2. The molecule has 14 heavy (non-hydrogen) atoms. The van der Waals surface area contributed by atoms with Gasteiger partial charge in [0.15, 0.2) is 0 Å². The minimum absolute atomic E-state index is 0.639. The van der Waals surface area contributed by atoms with E-state index in [0.717, 1.165) is 17.8 Å². The number of nitrogens with zero attached hydrogens (tertiary/aromatic N) is 1. The number of aromatic nitrogens is 1.